The summed E-state index contributed by atoms with van der Waals surface area (Å²) in [4.78, 5) is 32.7. The molecule has 9 nitrogen and oxygen atoms in total. The number of rotatable bonds is 7. The van der Waals surface area contributed by atoms with Crippen molar-refractivity contribution in [2.75, 3.05) is 31.6 Å². The van der Waals surface area contributed by atoms with Gasteiger partial charge in [-0.3, -0.25) is 9.69 Å². The number of hydrogen-bond donors (Lipinski definition) is 1. The van der Waals surface area contributed by atoms with Crippen LogP contribution in [0.2, 0.25) is 0 Å². The van der Waals surface area contributed by atoms with Gasteiger partial charge in [0.15, 0.2) is 0 Å². The van der Waals surface area contributed by atoms with E-state index in [1.54, 1.807) is 29.0 Å². The number of anilines is 1. The van der Waals surface area contributed by atoms with E-state index >= 15 is 0 Å². The molecule has 2 aromatic rings. The van der Waals surface area contributed by atoms with Gasteiger partial charge in [0, 0.05) is 37.1 Å². The van der Waals surface area contributed by atoms with E-state index in [-0.39, 0.29) is 30.6 Å². The van der Waals surface area contributed by atoms with Gasteiger partial charge in [0.2, 0.25) is 11.8 Å². The predicted octanol–water partition coefficient (Wildman–Crippen LogP) is 2.71. The minimum atomic E-state index is -0.164. The average molecular weight is 450 g/mol. The highest BCUT2D eigenvalue weighted by atomic mass is 16.5. The minimum absolute atomic E-state index is 0.0387. The van der Waals surface area contributed by atoms with Crippen LogP contribution in [0.4, 0.5) is 10.5 Å². The average Bonchev–Trinajstić information content (AvgIpc) is 3.20. The van der Waals surface area contributed by atoms with E-state index in [0.717, 1.165) is 37.1 Å². The fraction of sp³-hybridized carbons (Fsp3) is 0.417. The maximum Gasteiger partial charge on any atom is 0.325 e. The fourth-order valence-corrected chi connectivity index (χ4v) is 4.19. The topological polar surface area (TPSA) is 108 Å². The summed E-state index contributed by atoms with van der Waals surface area (Å²) >= 11 is 0. The van der Waals surface area contributed by atoms with Crippen molar-refractivity contribution in [2.45, 2.75) is 37.8 Å². The molecule has 2 fully saturated rings. The summed E-state index contributed by atoms with van der Waals surface area (Å²) in [5.41, 5.74) is 1.29. The summed E-state index contributed by atoms with van der Waals surface area (Å²) in [5, 5.41) is 11.9. The minimum Gasteiger partial charge on any atom is -0.497 e. The zero-order valence-corrected chi connectivity index (χ0v) is 18.6. The third-order valence-electron chi connectivity index (χ3n) is 6.01. The molecular formula is C24H27N5O4. The number of methoxy groups -OCH3 is 1. The highest BCUT2D eigenvalue weighted by Gasteiger charge is 2.32. The van der Waals surface area contributed by atoms with Crippen molar-refractivity contribution in [3.8, 4) is 17.7 Å². The number of hydrogen-bond acceptors (Lipinski definition) is 6. The van der Waals surface area contributed by atoms with E-state index in [1.807, 2.05) is 30.3 Å². The molecule has 0 unspecified atom stereocenters. The van der Waals surface area contributed by atoms with Crippen LogP contribution in [0.15, 0.2) is 42.6 Å². The molecule has 0 spiro atoms. The lowest BCUT2D eigenvalue weighted by molar-refractivity contribution is -0.122. The monoisotopic (exact) mass is 449 g/mol. The number of nitrogens with zero attached hydrogens (tertiary/aromatic N) is 4. The highest BCUT2D eigenvalue weighted by Crippen LogP contribution is 2.24. The molecule has 2 aliphatic rings. The molecule has 2 heterocycles. The van der Waals surface area contributed by atoms with Crippen LogP contribution in [-0.4, -0.2) is 60.7 Å². The number of aromatic nitrogens is 1. The quantitative estimate of drug-likeness (QED) is 0.696. The van der Waals surface area contributed by atoms with Gasteiger partial charge in [-0.25, -0.2) is 9.78 Å². The third kappa shape index (κ3) is 5.52. The number of amides is 3. The van der Waals surface area contributed by atoms with Crippen molar-refractivity contribution in [1.29, 1.82) is 5.26 Å². The van der Waals surface area contributed by atoms with Crippen LogP contribution in [0.3, 0.4) is 0 Å². The van der Waals surface area contributed by atoms with Gasteiger partial charge in [-0.2, -0.15) is 5.26 Å². The first-order chi connectivity index (χ1) is 16.1. The molecule has 1 aliphatic heterocycles. The van der Waals surface area contributed by atoms with Crippen LogP contribution in [0, 0.1) is 11.3 Å². The first kappa shape index (κ1) is 22.4. The molecule has 4 rings (SSSR count). The summed E-state index contributed by atoms with van der Waals surface area (Å²) in [6.07, 6.45) is 4.76. The zero-order valence-electron chi connectivity index (χ0n) is 18.6. The van der Waals surface area contributed by atoms with E-state index in [0.29, 0.717) is 24.5 Å². The van der Waals surface area contributed by atoms with Crippen molar-refractivity contribution in [3.05, 3.63) is 48.2 Å². The smallest absolute Gasteiger partial charge is 0.325 e. The molecule has 1 saturated carbocycles. The number of ether oxygens (including phenoxy) is 2. The molecule has 1 N–H and O–H groups in total. The molecule has 172 valence electrons. The molecule has 1 aromatic carbocycles. The summed E-state index contributed by atoms with van der Waals surface area (Å²) < 4.78 is 11.1. The molecular weight excluding hydrogens is 422 g/mol. The maximum absolute atomic E-state index is 12.7. The second kappa shape index (κ2) is 10.2. The van der Waals surface area contributed by atoms with E-state index in [1.165, 1.54) is 6.20 Å². The molecule has 1 aliphatic carbocycles. The Morgan fingerprint density at radius 2 is 1.91 bits per heavy atom. The second-order valence-corrected chi connectivity index (χ2v) is 8.21. The molecule has 0 atom stereocenters. The van der Waals surface area contributed by atoms with E-state index < -0.39 is 0 Å². The van der Waals surface area contributed by atoms with Crippen LogP contribution in [0.25, 0.3) is 0 Å². The van der Waals surface area contributed by atoms with Gasteiger partial charge < -0.3 is 19.7 Å². The van der Waals surface area contributed by atoms with Gasteiger partial charge in [0.25, 0.3) is 0 Å². The lowest BCUT2D eigenvalue weighted by atomic mass is 9.93. The Bertz CT molecular complexity index is 1010. The highest BCUT2D eigenvalue weighted by molar-refractivity contribution is 5.96. The lowest BCUT2D eigenvalue weighted by Crippen LogP contribution is -2.45. The van der Waals surface area contributed by atoms with Crippen LogP contribution < -0.4 is 19.7 Å². The first-order valence-electron chi connectivity index (χ1n) is 11.1. The number of nitrogens with one attached hydrogen (secondary N) is 1. The van der Waals surface area contributed by atoms with Gasteiger partial charge in [-0.05, 0) is 56.0 Å². The fourth-order valence-electron chi connectivity index (χ4n) is 4.19. The van der Waals surface area contributed by atoms with Gasteiger partial charge in [-0.1, -0.05) is 0 Å². The van der Waals surface area contributed by atoms with Crippen LogP contribution in [0.5, 0.6) is 11.6 Å². The number of pyridine rings is 1. The van der Waals surface area contributed by atoms with Gasteiger partial charge >= 0.3 is 6.03 Å². The normalized spacial score (nSPS) is 20.3. The van der Waals surface area contributed by atoms with Gasteiger partial charge in [0.1, 0.15) is 24.5 Å². The van der Waals surface area contributed by atoms with Gasteiger partial charge in [-0.15, -0.1) is 0 Å². The SMILES string of the molecule is COc1ccc(N2CCN(CC(=O)NC3CCC(Oc4ccc(C#N)cn4)CC3)C2=O)cc1. The third-order valence-corrected chi connectivity index (χ3v) is 6.01. The molecule has 3 amide bonds. The molecule has 9 heteroatoms. The van der Waals surface area contributed by atoms with E-state index in [9.17, 15) is 9.59 Å². The molecule has 1 saturated heterocycles. The molecule has 1 aromatic heterocycles. The largest absolute Gasteiger partial charge is 0.497 e. The Morgan fingerprint density at radius 3 is 2.55 bits per heavy atom. The number of benzene rings is 1. The van der Waals surface area contributed by atoms with Crippen molar-refractivity contribution >= 4 is 17.6 Å². The van der Waals surface area contributed by atoms with Crippen molar-refractivity contribution in [2.24, 2.45) is 0 Å². The van der Waals surface area contributed by atoms with Crippen LogP contribution in [0.1, 0.15) is 31.2 Å². The lowest BCUT2D eigenvalue weighted by Gasteiger charge is -2.29. The Kier molecular flexibility index (Phi) is 6.93. The van der Waals surface area contributed by atoms with Crippen LogP contribution >= 0.6 is 0 Å². The number of carbonyl (C=O) groups excluding carboxylic acids is 2. The summed E-state index contributed by atoms with van der Waals surface area (Å²) in [6.45, 7) is 1.11. The van der Waals surface area contributed by atoms with Crippen molar-refractivity contribution < 1.29 is 19.1 Å². The first-order valence-corrected chi connectivity index (χ1v) is 11.1. The molecule has 0 radical (unpaired) electrons. The summed E-state index contributed by atoms with van der Waals surface area (Å²) in [6, 6.07) is 12.6. The molecule has 33 heavy (non-hydrogen) atoms. The van der Waals surface area contributed by atoms with Crippen LogP contribution in [-0.2, 0) is 4.79 Å². The Hall–Kier alpha value is -3.80. The molecule has 0 bridgehead atoms. The number of nitriles is 1. The number of carbonyl (C=O) groups is 2. The number of urea groups is 1. The Labute approximate surface area is 192 Å². The van der Waals surface area contributed by atoms with E-state index in [2.05, 4.69) is 10.3 Å². The second-order valence-electron chi connectivity index (χ2n) is 8.21. The van der Waals surface area contributed by atoms with Crippen molar-refractivity contribution in [1.82, 2.24) is 15.2 Å². The van der Waals surface area contributed by atoms with Crippen molar-refractivity contribution in [3.63, 3.8) is 0 Å². The summed E-state index contributed by atoms with van der Waals surface area (Å²) in [5.74, 6) is 1.10. The van der Waals surface area contributed by atoms with E-state index in [4.69, 9.17) is 14.7 Å². The standard InChI is InChI=1S/C24H27N5O4/c1-32-20-9-5-19(6-10-20)29-13-12-28(24(29)31)16-22(30)27-18-3-7-21(8-4-18)33-23-11-2-17(14-25)15-26-23/h2,5-6,9-11,15,18,21H,3-4,7-8,12-13,16H2,1H3,(H,27,30). The van der Waals surface area contributed by atoms with Gasteiger partial charge in [0.05, 0.1) is 12.7 Å². The predicted molar refractivity (Wildman–Crippen MR) is 121 cm³/mol. The zero-order chi connectivity index (χ0) is 23.2. The Morgan fingerprint density at radius 1 is 1.15 bits per heavy atom. The maximum atomic E-state index is 12.7. The summed E-state index contributed by atoms with van der Waals surface area (Å²) in [7, 11) is 1.60. The Balaban J connectivity index is 1.21.